The lowest BCUT2D eigenvalue weighted by molar-refractivity contribution is 0.119. The molecule has 166 valence electrons. The molecule has 2 aromatic carbocycles. The molecule has 0 radical (unpaired) electrons. The molecular formula is C26H32N6. The first-order valence-electron chi connectivity index (χ1n) is 12.0. The van der Waals surface area contributed by atoms with E-state index in [-0.39, 0.29) is 0 Å². The molecule has 0 bridgehead atoms. The van der Waals surface area contributed by atoms with Crippen molar-refractivity contribution in [2.24, 2.45) is 14.1 Å². The van der Waals surface area contributed by atoms with Gasteiger partial charge in [-0.15, -0.1) is 0 Å². The lowest BCUT2D eigenvalue weighted by atomic mass is 10.0. The zero-order valence-corrected chi connectivity index (χ0v) is 19.1. The summed E-state index contributed by atoms with van der Waals surface area (Å²) in [7, 11) is 4.31. The maximum atomic E-state index is 4.95. The van der Waals surface area contributed by atoms with Crippen molar-refractivity contribution in [3.05, 3.63) is 60.2 Å². The molecule has 2 aromatic heterocycles. The zero-order chi connectivity index (χ0) is 21.7. The lowest BCUT2D eigenvalue weighted by Gasteiger charge is -2.34. The fourth-order valence-electron chi connectivity index (χ4n) is 6.00. The predicted molar refractivity (Wildman–Crippen MR) is 128 cm³/mol. The Morgan fingerprint density at radius 3 is 1.56 bits per heavy atom. The Morgan fingerprint density at radius 2 is 1.12 bits per heavy atom. The number of imidazole rings is 2. The Labute approximate surface area is 189 Å². The summed E-state index contributed by atoms with van der Waals surface area (Å²) in [6.07, 6.45) is 5.14. The van der Waals surface area contributed by atoms with E-state index in [1.807, 2.05) is 0 Å². The van der Waals surface area contributed by atoms with Crippen LogP contribution in [-0.2, 0) is 27.2 Å². The third-order valence-electron chi connectivity index (χ3n) is 7.72. The van der Waals surface area contributed by atoms with Crippen molar-refractivity contribution in [1.82, 2.24) is 28.9 Å². The van der Waals surface area contributed by atoms with Crippen molar-refractivity contribution in [2.75, 3.05) is 13.1 Å². The molecule has 2 saturated heterocycles. The van der Waals surface area contributed by atoms with Crippen LogP contribution in [0.15, 0.2) is 48.5 Å². The molecule has 2 fully saturated rings. The number of fused-ring (bicyclic) bond motifs is 2. The Morgan fingerprint density at radius 1 is 0.688 bits per heavy atom. The first kappa shape index (κ1) is 19.9. The van der Waals surface area contributed by atoms with Crippen LogP contribution in [0.1, 0.15) is 37.3 Å². The van der Waals surface area contributed by atoms with Gasteiger partial charge in [-0.05, 0) is 63.0 Å². The molecule has 2 unspecified atom stereocenters. The summed E-state index contributed by atoms with van der Waals surface area (Å²) < 4.78 is 4.55. The van der Waals surface area contributed by atoms with Crippen LogP contribution in [0.2, 0.25) is 0 Å². The number of likely N-dealkylation sites (tertiary alicyclic amines) is 2. The van der Waals surface area contributed by atoms with E-state index in [1.165, 1.54) is 61.5 Å². The number of hydrogen-bond donors (Lipinski definition) is 0. The first-order valence-corrected chi connectivity index (χ1v) is 12.0. The summed E-state index contributed by atoms with van der Waals surface area (Å²) in [5.74, 6) is 2.36. The third kappa shape index (κ3) is 3.33. The van der Waals surface area contributed by atoms with E-state index in [2.05, 4.69) is 81.6 Å². The smallest absolute Gasteiger partial charge is 0.123 e. The lowest BCUT2D eigenvalue weighted by Crippen LogP contribution is -2.46. The molecule has 4 heterocycles. The summed E-state index contributed by atoms with van der Waals surface area (Å²) in [4.78, 5) is 15.3. The highest BCUT2D eigenvalue weighted by Gasteiger charge is 2.38. The summed E-state index contributed by atoms with van der Waals surface area (Å²) in [6, 6.07) is 18.1. The number of rotatable bonds is 5. The first-order chi connectivity index (χ1) is 15.7. The van der Waals surface area contributed by atoms with Crippen LogP contribution in [0, 0.1) is 0 Å². The molecule has 0 amide bonds. The average Bonchev–Trinajstić information content (AvgIpc) is 3.58. The number of benzene rings is 2. The highest BCUT2D eigenvalue weighted by atomic mass is 15.3. The zero-order valence-electron chi connectivity index (χ0n) is 19.1. The van der Waals surface area contributed by atoms with Gasteiger partial charge in [-0.3, -0.25) is 9.80 Å². The van der Waals surface area contributed by atoms with Crippen LogP contribution in [0.4, 0.5) is 0 Å². The molecular weight excluding hydrogens is 396 g/mol. The van der Waals surface area contributed by atoms with Gasteiger partial charge in [-0.25, -0.2) is 9.97 Å². The molecule has 2 aliphatic heterocycles. The van der Waals surface area contributed by atoms with E-state index in [0.717, 1.165) is 24.1 Å². The fraction of sp³-hybridized carbons (Fsp3) is 0.462. The summed E-state index contributed by atoms with van der Waals surface area (Å²) in [5.41, 5.74) is 4.65. The second-order valence-electron chi connectivity index (χ2n) is 9.51. The van der Waals surface area contributed by atoms with Gasteiger partial charge < -0.3 is 9.13 Å². The molecule has 2 aliphatic rings. The summed E-state index contributed by atoms with van der Waals surface area (Å²) >= 11 is 0. The monoisotopic (exact) mass is 428 g/mol. The summed E-state index contributed by atoms with van der Waals surface area (Å²) in [6.45, 7) is 4.22. The van der Waals surface area contributed by atoms with E-state index in [9.17, 15) is 0 Å². The van der Waals surface area contributed by atoms with Gasteiger partial charge in [-0.2, -0.15) is 0 Å². The standard InChI is InChI=1S/C26H32N6/c1-29-21-11-5-3-9-19(21)27-25(29)17-31-15-7-13-23(31)24-14-8-16-32(24)18-26-28-20-10-4-6-12-22(20)30(26)2/h3-6,9-12,23-24H,7-8,13-18H2,1-2H3. The van der Waals surface area contributed by atoms with Gasteiger partial charge in [0, 0.05) is 26.2 Å². The molecule has 32 heavy (non-hydrogen) atoms. The second kappa shape index (κ2) is 8.01. The average molecular weight is 429 g/mol. The molecule has 0 saturated carbocycles. The number of hydrogen-bond acceptors (Lipinski definition) is 4. The highest BCUT2D eigenvalue weighted by Crippen LogP contribution is 2.32. The Hall–Kier alpha value is -2.70. The van der Waals surface area contributed by atoms with Gasteiger partial charge in [0.15, 0.2) is 0 Å². The minimum Gasteiger partial charge on any atom is -0.330 e. The van der Waals surface area contributed by atoms with Crippen LogP contribution >= 0.6 is 0 Å². The Bertz CT molecular complexity index is 1160. The molecule has 2 atom stereocenters. The molecule has 6 nitrogen and oxygen atoms in total. The predicted octanol–water partition coefficient (Wildman–Crippen LogP) is 4.09. The number of aromatic nitrogens is 4. The Balaban J connectivity index is 1.22. The SMILES string of the molecule is Cn1c(CN2CCCC2C2CCCN2Cc2nc3ccccc3n2C)nc2ccccc21. The molecule has 0 spiro atoms. The number of para-hydroxylation sites is 4. The van der Waals surface area contributed by atoms with Gasteiger partial charge in [0.2, 0.25) is 0 Å². The fourth-order valence-corrected chi connectivity index (χ4v) is 6.00. The van der Waals surface area contributed by atoms with E-state index in [0.29, 0.717) is 12.1 Å². The maximum absolute atomic E-state index is 4.95. The topological polar surface area (TPSA) is 42.1 Å². The van der Waals surface area contributed by atoms with Crippen LogP contribution in [0.25, 0.3) is 22.1 Å². The van der Waals surface area contributed by atoms with Gasteiger partial charge in [0.25, 0.3) is 0 Å². The summed E-state index contributed by atoms with van der Waals surface area (Å²) in [5, 5.41) is 0. The third-order valence-corrected chi connectivity index (χ3v) is 7.72. The van der Waals surface area contributed by atoms with Crippen molar-refractivity contribution in [2.45, 2.75) is 50.9 Å². The molecule has 6 heteroatoms. The van der Waals surface area contributed by atoms with Gasteiger partial charge >= 0.3 is 0 Å². The van der Waals surface area contributed by atoms with Crippen molar-refractivity contribution in [1.29, 1.82) is 0 Å². The highest BCUT2D eigenvalue weighted by molar-refractivity contribution is 5.76. The van der Waals surface area contributed by atoms with Crippen LogP contribution in [-0.4, -0.2) is 54.1 Å². The second-order valence-corrected chi connectivity index (χ2v) is 9.51. The molecule has 6 rings (SSSR count). The maximum Gasteiger partial charge on any atom is 0.123 e. The van der Waals surface area contributed by atoms with E-state index in [1.54, 1.807) is 0 Å². The van der Waals surface area contributed by atoms with Crippen LogP contribution in [0.5, 0.6) is 0 Å². The number of aryl methyl sites for hydroxylation is 2. The van der Waals surface area contributed by atoms with E-state index in [4.69, 9.17) is 9.97 Å². The quantitative estimate of drug-likeness (QED) is 0.480. The van der Waals surface area contributed by atoms with E-state index < -0.39 is 0 Å². The van der Waals surface area contributed by atoms with Gasteiger partial charge in [0.05, 0.1) is 35.2 Å². The molecule has 0 aliphatic carbocycles. The van der Waals surface area contributed by atoms with Crippen molar-refractivity contribution in [3.8, 4) is 0 Å². The molecule has 0 N–H and O–H groups in total. The van der Waals surface area contributed by atoms with E-state index >= 15 is 0 Å². The largest absolute Gasteiger partial charge is 0.330 e. The minimum absolute atomic E-state index is 0.604. The van der Waals surface area contributed by atoms with Gasteiger partial charge in [0.1, 0.15) is 11.6 Å². The van der Waals surface area contributed by atoms with Crippen molar-refractivity contribution in [3.63, 3.8) is 0 Å². The minimum atomic E-state index is 0.604. The van der Waals surface area contributed by atoms with Gasteiger partial charge in [-0.1, -0.05) is 24.3 Å². The van der Waals surface area contributed by atoms with Crippen LogP contribution < -0.4 is 0 Å². The van der Waals surface area contributed by atoms with Crippen molar-refractivity contribution < 1.29 is 0 Å². The number of nitrogens with zero attached hydrogens (tertiary/aromatic N) is 6. The molecule has 4 aromatic rings. The van der Waals surface area contributed by atoms with Crippen molar-refractivity contribution >= 4 is 22.1 Å². The van der Waals surface area contributed by atoms with Crippen LogP contribution in [0.3, 0.4) is 0 Å². The Kier molecular flexibility index (Phi) is 5.00. The normalized spacial score (nSPS) is 22.6.